The first-order valence-electron chi connectivity index (χ1n) is 8.85. The van der Waals surface area contributed by atoms with Crippen LogP contribution in [0.4, 0.5) is 4.79 Å². The van der Waals surface area contributed by atoms with Gasteiger partial charge in [0.2, 0.25) is 0 Å². The Morgan fingerprint density at radius 1 is 1.21 bits per heavy atom. The standard InChI is InChI=1S/C18H33NO5/c1-12-6-8-13(9-7-12)10-14(15(20)11-16(21)23-5)19-17(22)24-18(2,3)4/h12-15,20H,6-11H2,1-5H3,(H,19,22)/t12?,13?,14-,15-/m0/s1. The Hall–Kier alpha value is -1.30. The van der Waals surface area contributed by atoms with Gasteiger partial charge in [-0.2, -0.15) is 0 Å². The van der Waals surface area contributed by atoms with Crippen LogP contribution in [0, 0.1) is 11.8 Å². The van der Waals surface area contributed by atoms with Crippen LogP contribution in [0.3, 0.4) is 0 Å². The number of carbonyl (C=O) groups excluding carboxylic acids is 2. The SMILES string of the molecule is COC(=O)C[C@H](O)[C@H](CC1CCC(C)CC1)NC(=O)OC(C)(C)C. The predicted octanol–water partition coefficient (Wildman–Crippen LogP) is 3.02. The second kappa shape index (κ2) is 9.25. The van der Waals surface area contributed by atoms with Crippen LogP contribution >= 0.6 is 0 Å². The van der Waals surface area contributed by atoms with Gasteiger partial charge < -0.3 is 19.9 Å². The number of ether oxygens (including phenoxy) is 2. The summed E-state index contributed by atoms with van der Waals surface area (Å²) in [5.41, 5.74) is -0.609. The van der Waals surface area contributed by atoms with Crippen molar-refractivity contribution in [3.63, 3.8) is 0 Å². The second-order valence-electron chi connectivity index (χ2n) is 7.96. The average molecular weight is 343 g/mol. The molecule has 0 aliphatic heterocycles. The number of aliphatic hydroxyl groups is 1. The van der Waals surface area contributed by atoms with Gasteiger partial charge in [-0.3, -0.25) is 4.79 Å². The summed E-state index contributed by atoms with van der Waals surface area (Å²) in [6, 6.07) is -0.516. The fourth-order valence-electron chi connectivity index (χ4n) is 3.09. The second-order valence-corrected chi connectivity index (χ2v) is 7.96. The van der Waals surface area contributed by atoms with Gasteiger partial charge in [0, 0.05) is 0 Å². The maximum atomic E-state index is 12.1. The largest absolute Gasteiger partial charge is 0.469 e. The summed E-state index contributed by atoms with van der Waals surface area (Å²) in [6.45, 7) is 7.61. The summed E-state index contributed by atoms with van der Waals surface area (Å²) in [5, 5.41) is 13.1. The molecule has 0 unspecified atom stereocenters. The molecule has 1 aliphatic carbocycles. The van der Waals surface area contributed by atoms with Crippen LogP contribution in [0.1, 0.15) is 66.2 Å². The van der Waals surface area contributed by atoms with Gasteiger partial charge in [0.05, 0.1) is 25.7 Å². The molecule has 0 aromatic heterocycles. The number of methoxy groups -OCH3 is 1. The first kappa shape index (κ1) is 20.7. The molecular formula is C18H33NO5. The lowest BCUT2D eigenvalue weighted by Gasteiger charge is -2.32. The first-order chi connectivity index (χ1) is 11.1. The molecule has 1 amide bonds. The lowest BCUT2D eigenvalue weighted by atomic mass is 9.79. The summed E-state index contributed by atoms with van der Waals surface area (Å²) >= 11 is 0. The number of rotatable bonds is 6. The van der Waals surface area contributed by atoms with Crippen LogP contribution in [0.15, 0.2) is 0 Å². The van der Waals surface area contributed by atoms with Gasteiger partial charge in [-0.1, -0.05) is 32.6 Å². The third kappa shape index (κ3) is 7.99. The lowest BCUT2D eigenvalue weighted by molar-refractivity contribution is -0.143. The maximum Gasteiger partial charge on any atom is 0.407 e. The van der Waals surface area contributed by atoms with Crippen molar-refractivity contribution in [1.82, 2.24) is 5.32 Å². The molecule has 0 bridgehead atoms. The van der Waals surface area contributed by atoms with Gasteiger partial charge in [-0.15, -0.1) is 0 Å². The van der Waals surface area contributed by atoms with E-state index >= 15 is 0 Å². The Labute approximate surface area is 145 Å². The molecule has 1 aliphatic rings. The number of hydrogen-bond acceptors (Lipinski definition) is 5. The number of esters is 1. The van der Waals surface area contributed by atoms with Crippen molar-refractivity contribution >= 4 is 12.1 Å². The molecular weight excluding hydrogens is 310 g/mol. The highest BCUT2D eigenvalue weighted by atomic mass is 16.6. The summed E-state index contributed by atoms with van der Waals surface area (Å²) in [6.07, 6.45) is 3.44. The van der Waals surface area contributed by atoms with Crippen LogP contribution in [0.25, 0.3) is 0 Å². The topological polar surface area (TPSA) is 84.9 Å². The molecule has 2 atom stereocenters. The molecule has 6 nitrogen and oxygen atoms in total. The van der Waals surface area contributed by atoms with Crippen LogP contribution < -0.4 is 5.32 Å². The molecule has 0 radical (unpaired) electrons. The number of amides is 1. The number of carbonyl (C=O) groups is 2. The molecule has 0 aromatic rings. The third-order valence-corrected chi connectivity index (χ3v) is 4.49. The Morgan fingerprint density at radius 3 is 2.29 bits per heavy atom. The minimum absolute atomic E-state index is 0.139. The fraction of sp³-hybridized carbons (Fsp3) is 0.889. The Bertz CT molecular complexity index is 410. The molecule has 1 fully saturated rings. The van der Waals surface area contributed by atoms with Crippen molar-refractivity contribution in [3.05, 3.63) is 0 Å². The Morgan fingerprint density at radius 2 is 1.79 bits per heavy atom. The molecule has 6 heteroatoms. The van der Waals surface area contributed by atoms with E-state index in [1.54, 1.807) is 20.8 Å². The van der Waals surface area contributed by atoms with Crippen molar-refractivity contribution in [2.75, 3.05) is 7.11 Å². The fourth-order valence-corrected chi connectivity index (χ4v) is 3.09. The first-order valence-corrected chi connectivity index (χ1v) is 8.85. The van der Waals surface area contributed by atoms with Crippen LogP contribution in [0.5, 0.6) is 0 Å². The Kier molecular flexibility index (Phi) is 8.00. The van der Waals surface area contributed by atoms with E-state index in [0.29, 0.717) is 12.3 Å². The molecule has 0 heterocycles. The van der Waals surface area contributed by atoms with Crippen molar-refractivity contribution < 1.29 is 24.2 Å². The summed E-state index contributed by atoms with van der Waals surface area (Å²) < 4.78 is 9.90. The molecule has 1 rings (SSSR count). The lowest BCUT2D eigenvalue weighted by Crippen LogP contribution is -2.47. The van der Waals surface area contributed by atoms with Gasteiger partial charge in [0.25, 0.3) is 0 Å². The molecule has 0 spiro atoms. The highest BCUT2D eigenvalue weighted by Crippen LogP contribution is 2.32. The number of hydrogen-bond donors (Lipinski definition) is 2. The van der Waals surface area contributed by atoms with E-state index in [2.05, 4.69) is 17.0 Å². The van der Waals surface area contributed by atoms with E-state index in [1.165, 1.54) is 7.11 Å². The van der Waals surface area contributed by atoms with Crippen molar-refractivity contribution in [2.45, 2.75) is 84.0 Å². The quantitative estimate of drug-likeness (QED) is 0.724. The van der Waals surface area contributed by atoms with Crippen LogP contribution in [-0.4, -0.2) is 42.0 Å². The maximum absolute atomic E-state index is 12.1. The smallest absolute Gasteiger partial charge is 0.407 e. The van der Waals surface area contributed by atoms with E-state index in [1.807, 2.05) is 0 Å². The monoisotopic (exact) mass is 343 g/mol. The van der Waals surface area contributed by atoms with Gasteiger partial charge in [-0.25, -0.2) is 4.79 Å². The molecule has 2 N–H and O–H groups in total. The highest BCUT2D eigenvalue weighted by Gasteiger charge is 2.30. The van der Waals surface area contributed by atoms with E-state index in [9.17, 15) is 14.7 Å². The number of aliphatic hydroxyl groups excluding tert-OH is 1. The van der Waals surface area contributed by atoms with E-state index in [4.69, 9.17) is 4.74 Å². The zero-order chi connectivity index (χ0) is 18.3. The summed E-state index contributed by atoms with van der Waals surface area (Å²) in [4.78, 5) is 23.5. The molecule has 0 aromatic carbocycles. The third-order valence-electron chi connectivity index (χ3n) is 4.49. The highest BCUT2D eigenvalue weighted by molar-refractivity contribution is 5.71. The molecule has 0 saturated heterocycles. The van der Waals surface area contributed by atoms with Crippen LogP contribution in [0.2, 0.25) is 0 Å². The van der Waals surface area contributed by atoms with Crippen LogP contribution in [-0.2, 0) is 14.3 Å². The van der Waals surface area contributed by atoms with Gasteiger partial charge in [-0.05, 0) is 39.0 Å². The minimum atomic E-state index is -0.982. The van der Waals surface area contributed by atoms with Gasteiger partial charge in [0.15, 0.2) is 0 Å². The molecule has 1 saturated carbocycles. The zero-order valence-corrected chi connectivity index (χ0v) is 15.6. The number of nitrogens with one attached hydrogen (secondary N) is 1. The predicted molar refractivity (Wildman–Crippen MR) is 91.5 cm³/mol. The average Bonchev–Trinajstić information content (AvgIpc) is 2.46. The summed E-state index contributed by atoms with van der Waals surface area (Å²) in [5.74, 6) is 0.683. The molecule has 140 valence electrons. The van der Waals surface area contributed by atoms with Gasteiger partial charge >= 0.3 is 12.1 Å². The zero-order valence-electron chi connectivity index (χ0n) is 15.6. The summed E-state index contributed by atoms with van der Waals surface area (Å²) in [7, 11) is 1.29. The Balaban J connectivity index is 2.67. The number of alkyl carbamates (subject to hydrolysis) is 1. The normalized spacial score (nSPS) is 23.9. The van der Waals surface area contributed by atoms with Gasteiger partial charge in [0.1, 0.15) is 5.60 Å². The van der Waals surface area contributed by atoms with Crippen molar-refractivity contribution in [3.8, 4) is 0 Å². The van der Waals surface area contributed by atoms with E-state index in [-0.39, 0.29) is 6.42 Å². The van der Waals surface area contributed by atoms with E-state index < -0.39 is 29.8 Å². The van der Waals surface area contributed by atoms with Crippen molar-refractivity contribution in [2.24, 2.45) is 11.8 Å². The van der Waals surface area contributed by atoms with E-state index in [0.717, 1.165) is 31.6 Å². The van der Waals surface area contributed by atoms with Crippen molar-refractivity contribution in [1.29, 1.82) is 0 Å². The molecule has 24 heavy (non-hydrogen) atoms. The minimum Gasteiger partial charge on any atom is -0.469 e.